The SMILES string of the molecule is O=C(NCc1c(F)ccc(F)c1Cl)c1cnc2ccc(-c3ccc(N4CCNCC4)nc3)cn12. The van der Waals surface area contributed by atoms with Gasteiger partial charge < -0.3 is 15.5 Å². The van der Waals surface area contributed by atoms with Crippen LogP contribution >= 0.6 is 11.6 Å². The van der Waals surface area contributed by atoms with E-state index < -0.39 is 17.5 Å². The summed E-state index contributed by atoms with van der Waals surface area (Å²) in [5.41, 5.74) is 2.48. The minimum Gasteiger partial charge on any atom is -0.354 e. The topological polar surface area (TPSA) is 74.6 Å². The molecule has 1 aliphatic rings. The number of aromatic nitrogens is 3. The number of anilines is 1. The van der Waals surface area contributed by atoms with Crippen molar-refractivity contribution in [3.63, 3.8) is 0 Å². The van der Waals surface area contributed by atoms with Crippen LogP contribution in [-0.4, -0.2) is 46.5 Å². The molecule has 1 fully saturated rings. The van der Waals surface area contributed by atoms with Crippen molar-refractivity contribution in [3.8, 4) is 11.1 Å². The molecule has 4 heterocycles. The van der Waals surface area contributed by atoms with Crippen molar-refractivity contribution in [1.82, 2.24) is 25.0 Å². The minimum absolute atomic E-state index is 0.111. The molecular formula is C24H21ClF2N6O. The molecule has 1 saturated heterocycles. The van der Waals surface area contributed by atoms with E-state index in [1.54, 1.807) is 16.7 Å². The number of halogens is 3. The number of benzene rings is 1. The Hall–Kier alpha value is -3.56. The lowest BCUT2D eigenvalue weighted by Crippen LogP contribution is -2.43. The number of piperazine rings is 1. The van der Waals surface area contributed by atoms with Crippen LogP contribution in [0.3, 0.4) is 0 Å². The van der Waals surface area contributed by atoms with E-state index in [0.717, 1.165) is 55.3 Å². The molecule has 0 radical (unpaired) electrons. The van der Waals surface area contributed by atoms with Crippen molar-refractivity contribution in [2.75, 3.05) is 31.1 Å². The van der Waals surface area contributed by atoms with Crippen LogP contribution in [0.15, 0.2) is 55.0 Å². The molecule has 0 aliphatic carbocycles. The Morgan fingerprint density at radius 3 is 2.53 bits per heavy atom. The van der Waals surface area contributed by atoms with Crippen LogP contribution in [-0.2, 0) is 6.54 Å². The van der Waals surface area contributed by atoms with Crippen molar-refractivity contribution >= 4 is 29.0 Å². The molecule has 174 valence electrons. The molecule has 1 aliphatic heterocycles. The molecule has 10 heteroatoms. The molecule has 0 bridgehead atoms. The van der Waals surface area contributed by atoms with Gasteiger partial charge in [-0.25, -0.2) is 18.7 Å². The smallest absolute Gasteiger partial charge is 0.270 e. The lowest BCUT2D eigenvalue weighted by molar-refractivity contribution is 0.0944. The molecule has 5 rings (SSSR count). The summed E-state index contributed by atoms with van der Waals surface area (Å²) in [4.78, 5) is 23.9. The maximum atomic E-state index is 14.0. The number of rotatable bonds is 5. The van der Waals surface area contributed by atoms with Crippen molar-refractivity contribution in [3.05, 3.63) is 82.9 Å². The number of nitrogens with one attached hydrogen (secondary N) is 2. The van der Waals surface area contributed by atoms with Gasteiger partial charge in [0.25, 0.3) is 5.91 Å². The monoisotopic (exact) mass is 482 g/mol. The summed E-state index contributed by atoms with van der Waals surface area (Å²) >= 11 is 5.86. The highest BCUT2D eigenvalue weighted by atomic mass is 35.5. The molecule has 0 spiro atoms. The third kappa shape index (κ3) is 4.32. The largest absolute Gasteiger partial charge is 0.354 e. The number of hydrogen-bond acceptors (Lipinski definition) is 5. The second-order valence-corrected chi connectivity index (χ2v) is 8.31. The average Bonchev–Trinajstić information content (AvgIpc) is 3.30. The summed E-state index contributed by atoms with van der Waals surface area (Å²) in [7, 11) is 0. The number of hydrogen-bond donors (Lipinski definition) is 2. The Labute approximate surface area is 199 Å². The van der Waals surface area contributed by atoms with E-state index in [9.17, 15) is 13.6 Å². The highest BCUT2D eigenvalue weighted by Crippen LogP contribution is 2.24. The molecule has 34 heavy (non-hydrogen) atoms. The van der Waals surface area contributed by atoms with Crippen LogP contribution in [0.4, 0.5) is 14.6 Å². The first-order valence-electron chi connectivity index (χ1n) is 10.8. The first kappa shape index (κ1) is 22.2. The fourth-order valence-corrected chi connectivity index (χ4v) is 4.17. The maximum absolute atomic E-state index is 14.0. The zero-order valence-corrected chi connectivity index (χ0v) is 18.8. The van der Waals surface area contributed by atoms with Crippen LogP contribution in [0, 0.1) is 11.6 Å². The summed E-state index contributed by atoms with van der Waals surface area (Å²) in [5.74, 6) is -0.999. The van der Waals surface area contributed by atoms with Gasteiger partial charge in [-0.1, -0.05) is 11.6 Å². The number of amides is 1. The van der Waals surface area contributed by atoms with Gasteiger partial charge in [0.05, 0.1) is 11.2 Å². The van der Waals surface area contributed by atoms with E-state index in [2.05, 4.69) is 25.5 Å². The van der Waals surface area contributed by atoms with E-state index in [1.807, 2.05) is 24.4 Å². The maximum Gasteiger partial charge on any atom is 0.270 e. The quantitative estimate of drug-likeness (QED) is 0.425. The number of carbonyl (C=O) groups is 1. The third-order valence-electron chi connectivity index (χ3n) is 5.83. The van der Waals surface area contributed by atoms with Crippen LogP contribution in [0.1, 0.15) is 16.1 Å². The number of pyridine rings is 2. The van der Waals surface area contributed by atoms with Crippen molar-refractivity contribution in [1.29, 1.82) is 0 Å². The van der Waals surface area contributed by atoms with Gasteiger partial charge in [0.1, 0.15) is 28.8 Å². The highest BCUT2D eigenvalue weighted by Gasteiger charge is 2.17. The predicted octanol–water partition coefficient (Wildman–Crippen LogP) is 3.67. The first-order chi connectivity index (χ1) is 16.5. The second-order valence-electron chi connectivity index (χ2n) is 7.94. The normalized spacial score (nSPS) is 13.9. The molecular weight excluding hydrogens is 462 g/mol. The summed E-state index contributed by atoms with van der Waals surface area (Å²) in [5, 5.41) is 5.57. The Kier molecular flexibility index (Phi) is 6.12. The lowest BCUT2D eigenvalue weighted by Gasteiger charge is -2.28. The van der Waals surface area contributed by atoms with Gasteiger partial charge in [-0.2, -0.15) is 0 Å². The van der Waals surface area contributed by atoms with E-state index in [1.165, 1.54) is 6.20 Å². The molecule has 1 amide bonds. The molecule has 0 saturated carbocycles. The molecule has 7 nitrogen and oxygen atoms in total. The van der Waals surface area contributed by atoms with Crippen molar-refractivity contribution < 1.29 is 13.6 Å². The van der Waals surface area contributed by atoms with Crippen LogP contribution in [0.25, 0.3) is 16.8 Å². The molecule has 1 aromatic carbocycles. The number of imidazole rings is 1. The standard InChI is InChI=1S/C24H21ClF2N6O/c25-23-17(18(26)3-4-19(23)27)12-31-24(34)20-13-30-22-6-2-16(14-33(20)22)15-1-5-21(29-11-15)32-9-7-28-8-10-32/h1-6,11,13-14,28H,7-10,12H2,(H,31,34). The number of nitrogens with zero attached hydrogens (tertiary/aromatic N) is 4. The summed E-state index contributed by atoms with van der Waals surface area (Å²) < 4.78 is 29.3. The van der Waals surface area contributed by atoms with E-state index in [0.29, 0.717) is 5.65 Å². The van der Waals surface area contributed by atoms with Gasteiger partial charge in [0.15, 0.2) is 0 Å². The Morgan fingerprint density at radius 1 is 1.00 bits per heavy atom. The van der Waals surface area contributed by atoms with E-state index in [-0.39, 0.29) is 22.8 Å². The Bertz CT molecular complexity index is 1350. The fraction of sp³-hybridized carbons (Fsp3) is 0.208. The molecule has 3 aromatic heterocycles. The van der Waals surface area contributed by atoms with Gasteiger partial charge in [0, 0.05) is 61.8 Å². The predicted molar refractivity (Wildman–Crippen MR) is 126 cm³/mol. The van der Waals surface area contributed by atoms with Gasteiger partial charge in [-0.3, -0.25) is 9.20 Å². The molecule has 4 aromatic rings. The van der Waals surface area contributed by atoms with Gasteiger partial charge in [-0.05, 0) is 36.4 Å². The van der Waals surface area contributed by atoms with Gasteiger partial charge in [-0.15, -0.1) is 0 Å². The lowest BCUT2D eigenvalue weighted by atomic mass is 10.1. The molecule has 2 N–H and O–H groups in total. The molecule has 0 atom stereocenters. The van der Waals surface area contributed by atoms with Gasteiger partial charge in [0.2, 0.25) is 0 Å². The minimum atomic E-state index is -0.747. The number of fused-ring (bicyclic) bond motifs is 1. The van der Waals surface area contributed by atoms with E-state index in [4.69, 9.17) is 11.6 Å². The number of carbonyl (C=O) groups excluding carboxylic acids is 1. The molecule has 0 unspecified atom stereocenters. The Morgan fingerprint density at radius 2 is 1.76 bits per heavy atom. The zero-order chi connectivity index (χ0) is 23.7. The van der Waals surface area contributed by atoms with Gasteiger partial charge >= 0.3 is 0 Å². The third-order valence-corrected chi connectivity index (χ3v) is 6.23. The summed E-state index contributed by atoms with van der Waals surface area (Å²) in [6, 6.07) is 9.62. The zero-order valence-electron chi connectivity index (χ0n) is 18.1. The average molecular weight is 483 g/mol. The summed E-state index contributed by atoms with van der Waals surface area (Å²) in [6.07, 6.45) is 5.04. The van der Waals surface area contributed by atoms with Crippen LogP contribution in [0.2, 0.25) is 5.02 Å². The van der Waals surface area contributed by atoms with Crippen molar-refractivity contribution in [2.45, 2.75) is 6.54 Å². The highest BCUT2D eigenvalue weighted by molar-refractivity contribution is 6.31. The first-order valence-corrected chi connectivity index (χ1v) is 11.2. The second kappa shape index (κ2) is 9.36. The van der Waals surface area contributed by atoms with Crippen molar-refractivity contribution in [2.24, 2.45) is 0 Å². The van der Waals surface area contributed by atoms with Crippen LogP contribution in [0.5, 0.6) is 0 Å². The van der Waals surface area contributed by atoms with E-state index >= 15 is 0 Å². The fourth-order valence-electron chi connectivity index (χ4n) is 3.95. The van der Waals surface area contributed by atoms with Crippen LogP contribution < -0.4 is 15.5 Å². The summed E-state index contributed by atoms with van der Waals surface area (Å²) in [6.45, 7) is 3.44. The Balaban J connectivity index is 1.37.